The smallest absolute Gasteiger partial charge is 0.308 e. The number of nitrogens with zero attached hydrogens (tertiary/aromatic N) is 1. The van der Waals surface area contributed by atoms with E-state index in [-0.39, 0.29) is 9.77 Å². The molecule has 1 unspecified atom stereocenters. The quantitative estimate of drug-likeness (QED) is 0.280. The van der Waals surface area contributed by atoms with E-state index in [1.807, 2.05) is 32.0 Å². The van der Waals surface area contributed by atoms with Crippen molar-refractivity contribution in [2.75, 3.05) is 13.2 Å². The summed E-state index contributed by atoms with van der Waals surface area (Å²) in [5.74, 6) is 1.18. The number of aromatic nitrogens is 1. The molecule has 0 saturated carbocycles. The Bertz CT molecular complexity index is 1530. The normalized spacial score (nSPS) is 12.6. The highest BCUT2D eigenvalue weighted by molar-refractivity contribution is 7.89. The molecule has 3 aromatic carbocycles. The van der Waals surface area contributed by atoms with Crippen molar-refractivity contribution < 1.29 is 17.9 Å². The first-order chi connectivity index (χ1) is 17.2. The number of hydrogen-bond donors (Lipinski definition) is 1. The second-order valence-electron chi connectivity index (χ2n) is 8.13. The lowest BCUT2D eigenvalue weighted by Gasteiger charge is -2.18. The predicted octanol–water partition coefficient (Wildman–Crippen LogP) is 5.60. The molecule has 0 radical (unpaired) electrons. The Morgan fingerprint density at radius 2 is 1.67 bits per heavy atom. The van der Waals surface area contributed by atoms with Gasteiger partial charge in [-0.3, -0.25) is 9.36 Å². The zero-order valence-corrected chi connectivity index (χ0v) is 22.5. The molecule has 4 aromatic rings. The Morgan fingerprint density at radius 1 is 0.972 bits per heavy atom. The van der Waals surface area contributed by atoms with Gasteiger partial charge in [-0.25, -0.2) is 13.1 Å². The molecule has 10 heteroatoms. The molecule has 0 spiro atoms. The van der Waals surface area contributed by atoms with E-state index in [4.69, 9.17) is 21.1 Å². The van der Waals surface area contributed by atoms with E-state index in [0.717, 1.165) is 22.5 Å². The molecule has 0 bridgehead atoms. The van der Waals surface area contributed by atoms with E-state index in [1.165, 1.54) is 6.07 Å². The minimum Gasteiger partial charge on any atom is -0.490 e. The molecule has 0 saturated heterocycles. The van der Waals surface area contributed by atoms with Crippen molar-refractivity contribution in [2.45, 2.75) is 38.3 Å². The van der Waals surface area contributed by atoms with Crippen molar-refractivity contribution in [3.8, 4) is 11.5 Å². The molecular formula is C26H27ClN2O5S2. The number of hydrogen-bond acceptors (Lipinski definition) is 6. The number of fused-ring (bicyclic) bond motifs is 1. The highest BCUT2D eigenvalue weighted by Crippen LogP contribution is 2.31. The average Bonchev–Trinajstić information content (AvgIpc) is 3.15. The summed E-state index contributed by atoms with van der Waals surface area (Å²) in [5, 5.41) is 0.622. The molecule has 1 N–H and O–H groups in total. The monoisotopic (exact) mass is 546 g/mol. The van der Waals surface area contributed by atoms with Gasteiger partial charge in [-0.15, -0.1) is 0 Å². The minimum atomic E-state index is -3.85. The van der Waals surface area contributed by atoms with Crippen molar-refractivity contribution in [1.82, 2.24) is 9.29 Å². The Kier molecular flexibility index (Phi) is 8.04. The number of rotatable bonds is 10. The third kappa shape index (κ3) is 5.75. The van der Waals surface area contributed by atoms with Gasteiger partial charge in [0.25, 0.3) is 0 Å². The lowest BCUT2D eigenvalue weighted by atomic mass is 10.1. The standard InChI is InChI=1S/C26H27ClN2O5S2/c1-4-33-23-13-8-19(14-24(23)34-5-2)17(3)28-36(31,32)21-11-12-22-25(15-21)35-26(30)29(22)16-18-6-9-20(27)10-7-18/h6-15,17,28H,4-5,16H2,1-3H3. The zero-order valence-electron chi connectivity index (χ0n) is 20.2. The number of ether oxygens (including phenoxy) is 2. The van der Waals surface area contributed by atoms with Gasteiger partial charge in [0, 0.05) is 11.1 Å². The number of halogens is 1. The van der Waals surface area contributed by atoms with Crippen LogP contribution in [0.1, 0.15) is 37.9 Å². The Balaban J connectivity index is 1.58. The van der Waals surface area contributed by atoms with Crippen molar-refractivity contribution in [3.63, 3.8) is 0 Å². The van der Waals surface area contributed by atoms with E-state index >= 15 is 0 Å². The molecule has 7 nitrogen and oxygen atoms in total. The lowest BCUT2D eigenvalue weighted by Crippen LogP contribution is -2.27. The van der Waals surface area contributed by atoms with E-state index in [2.05, 4.69) is 4.72 Å². The molecule has 0 aliphatic carbocycles. The molecule has 1 atom stereocenters. The van der Waals surface area contributed by atoms with Gasteiger partial charge in [0.05, 0.1) is 34.9 Å². The van der Waals surface area contributed by atoms with Crippen LogP contribution in [0.4, 0.5) is 0 Å². The Labute approximate surface area is 219 Å². The van der Waals surface area contributed by atoms with Gasteiger partial charge >= 0.3 is 4.87 Å². The summed E-state index contributed by atoms with van der Waals surface area (Å²) < 4.78 is 42.6. The summed E-state index contributed by atoms with van der Waals surface area (Å²) in [6.07, 6.45) is 0. The average molecular weight is 547 g/mol. The van der Waals surface area contributed by atoms with Gasteiger partial charge in [-0.2, -0.15) is 0 Å². The summed E-state index contributed by atoms with van der Waals surface area (Å²) in [6.45, 7) is 6.86. The Morgan fingerprint density at radius 3 is 2.36 bits per heavy atom. The van der Waals surface area contributed by atoms with Crippen LogP contribution in [0.15, 0.2) is 70.4 Å². The topological polar surface area (TPSA) is 86.6 Å². The maximum atomic E-state index is 13.2. The van der Waals surface area contributed by atoms with Gasteiger partial charge in [0.15, 0.2) is 11.5 Å². The number of sulfonamides is 1. The van der Waals surface area contributed by atoms with Crippen LogP contribution in [0.5, 0.6) is 11.5 Å². The molecule has 4 rings (SSSR count). The number of nitrogens with one attached hydrogen (secondary N) is 1. The summed E-state index contributed by atoms with van der Waals surface area (Å²) in [5.41, 5.74) is 2.35. The number of thiazole rings is 1. The third-order valence-corrected chi connectivity index (χ3v) is 8.34. The molecule has 1 aromatic heterocycles. The van der Waals surface area contributed by atoms with Crippen LogP contribution < -0.4 is 19.1 Å². The first kappa shape index (κ1) is 26.2. The highest BCUT2D eigenvalue weighted by Gasteiger charge is 2.21. The SMILES string of the molecule is CCOc1ccc(C(C)NS(=O)(=O)c2ccc3c(c2)sc(=O)n3Cc2ccc(Cl)cc2)cc1OCC. The van der Waals surface area contributed by atoms with Crippen LogP contribution in [0, 0.1) is 0 Å². The lowest BCUT2D eigenvalue weighted by molar-refractivity contribution is 0.287. The molecular weight excluding hydrogens is 520 g/mol. The maximum Gasteiger partial charge on any atom is 0.308 e. The predicted molar refractivity (Wildman–Crippen MR) is 144 cm³/mol. The molecule has 0 fully saturated rings. The van der Waals surface area contributed by atoms with Crippen LogP contribution in [0.3, 0.4) is 0 Å². The minimum absolute atomic E-state index is 0.0951. The molecule has 0 aliphatic rings. The van der Waals surface area contributed by atoms with E-state index < -0.39 is 16.1 Å². The summed E-state index contributed by atoms with van der Waals surface area (Å²) in [7, 11) is -3.85. The van der Waals surface area contributed by atoms with Crippen LogP contribution in [0.2, 0.25) is 5.02 Å². The first-order valence-electron chi connectivity index (χ1n) is 11.5. The van der Waals surface area contributed by atoms with E-state index in [1.54, 1.807) is 47.9 Å². The van der Waals surface area contributed by atoms with Gasteiger partial charge in [-0.05, 0) is 74.4 Å². The Hall–Kier alpha value is -2.85. The van der Waals surface area contributed by atoms with Gasteiger partial charge < -0.3 is 9.47 Å². The van der Waals surface area contributed by atoms with Crippen LogP contribution in [-0.2, 0) is 16.6 Å². The molecule has 36 heavy (non-hydrogen) atoms. The van der Waals surface area contributed by atoms with Crippen molar-refractivity contribution in [2.24, 2.45) is 0 Å². The van der Waals surface area contributed by atoms with Crippen LogP contribution in [-0.4, -0.2) is 26.2 Å². The van der Waals surface area contributed by atoms with Gasteiger partial charge in [-0.1, -0.05) is 41.1 Å². The zero-order chi connectivity index (χ0) is 25.9. The van der Waals surface area contributed by atoms with Gasteiger partial charge in [0.1, 0.15) is 0 Å². The van der Waals surface area contributed by atoms with Crippen LogP contribution >= 0.6 is 22.9 Å². The van der Waals surface area contributed by atoms with Crippen LogP contribution in [0.25, 0.3) is 10.2 Å². The first-order valence-corrected chi connectivity index (χ1v) is 14.2. The third-order valence-electron chi connectivity index (χ3n) is 5.60. The number of benzene rings is 3. The fourth-order valence-electron chi connectivity index (χ4n) is 3.84. The summed E-state index contributed by atoms with van der Waals surface area (Å²) in [4.78, 5) is 12.6. The van der Waals surface area contributed by atoms with Crippen molar-refractivity contribution in [3.05, 3.63) is 86.5 Å². The van der Waals surface area contributed by atoms with E-state index in [9.17, 15) is 13.2 Å². The van der Waals surface area contributed by atoms with E-state index in [0.29, 0.717) is 46.5 Å². The van der Waals surface area contributed by atoms with Crippen molar-refractivity contribution in [1.29, 1.82) is 0 Å². The van der Waals surface area contributed by atoms with Crippen molar-refractivity contribution >= 4 is 43.2 Å². The molecule has 0 amide bonds. The fraction of sp³-hybridized carbons (Fsp3) is 0.269. The largest absolute Gasteiger partial charge is 0.490 e. The second-order valence-corrected chi connectivity index (χ2v) is 11.3. The highest BCUT2D eigenvalue weighted by atomic mass is 35.5. The molecule has 0 aliphatic heterocycles. The summed E-state index contributed by atoms with van der Waals surface area (Å²) >= 11 is 6.97. The second kappa shape index (κ2) is 11.0. The maximum absolute atomic E-state index is 13.2. The molecule has 1 heterocycles. The van der Waals surface area contributed by atoms with Gasteiger partial charge in [0.2, 0.25) is 10.0 Å². The molecule has 190 valence electrons. The summed E-state index contributed by atoms with van der Waals surface area (Å²) in [6, 6.07) is 16.9. The fourth-order valence-corrected chi connectivity index (χ4v) is 6.23.